The number of nitrogens with zero attached hydrogens (tertiary/aromatic N) is 2. The molecule has 4 nitrogen and oxygen atoms in total. The van der Waals surface area contributed by atoms with Crippen LogP contribution < -0.4 is 4.74 Å². The summed E-state index contributed by atoms with van der Waals surface area (Å²) in [6.45, 7) is 2.40. The lowest BCUT2D eigenvalue weighted by molar-refractivity contribution is -0.139. The molecule has 0 spiro atoms. The summed E-state index contributed by atoms with van der Waals surface area (Å²) in [7, 11) is 1.57. The highest BCUT2D eigenvalue weighted by molar-refractivity contribution is 5.79. The van der Waals surface area contributed by atoms with Crippen molar-refractivity contribution in [3.63, 3.8) is 0 Å². The second-order valence-electron chi connectivity index (χ2n) is 6.55. The molecule has 0 atom stereocenters. The SMILES string of the molecule is COc1ccc(F)c(CN2CCN(C3CCCCC3)C(=O)C2)c1. The van der Waals surface area contributed by atoms with Crippen molar-refractivity contribution in [3.05, 3.63) is 29.6 Å². The largest absolute Gasteiger partial charge is 0.497 e. The Kier molecular flexibility index (Phi) is 5.16. The molecule has 126 valence electrons. The zero-order valence-electron chi connectivity index (χ0n) is 13.8. The second-order valence-corrected chi connectivity index (χ2v) is 6.55. The van der Waals surface area contributed by atoms with Crippen LogP contribution in [0.15, 0.2) is 18.2 Å². The molecule has 1 aliphatic heterocycles. The van der Waals surface area contributed by atoms with Gasteiger partial charge in [-0.1, -0.05) is 19.3 Å². The highest BCUT2D eigenvalue weighted by atomic mass is 19.1. The average molecular weight is 320 g/mol. The number of methoxy groups -OCH3 is 1. The Hall–Kier alpha value is -1.62. The van der Waals surface area contributed by atoms with Crippen molar-refractivity contribution in [2.45, 2.75) is 44.7 Å². The smallest absolute Gasteiger partial charge is 0.237 e. The summed E-state index contributed by atoms with van der Waals surface area (Å²) >= 11 is 0. The molecule has 1 aliphatic carbocycles. The summed E-state index contributed by atoms with van der Waals surface area (Å²) in [5, 5.41) is 0. The lowest BCUT2D eigenvalue weighted by Gasteiger charge is -2.40. The molecule has 1 saturated carbocycles. The van der Waals surface area contributed by atoms with Crippen LogP contribution in [0.3, 0.4) is 0 Å². The summed E-state index contributed by atoms with van der Waals surface area (Å²) in [4.78, 5) is 16.5. The van der Waals surface area contributed by atoms with Gasteiger partial charge in [0.05, 0.1) is 13.7 Å². The zero-order chi connectivity index (χ0) is 16.2. The molecule has 0 unspecified atom stereocenters. The summed E-state index contributed by atoms with van der Waals surface area (Å²) in [6.07, 6.45) is 6.02. The van der Waals surface area contributed by atoms with Crippen molar-refractivity contribution in [1.29, 1.82) is 0 Å². The fraction of sp³-hybridized carbons (Fsp3) is 0.611. The minimum Gasteiger partial charge on any atom is -0.497 e. The molecule has 23 heavy (non-hydrogen) atoms. The Balaban J connectivity index is 1.60. The molecule has 0 aromatic heterocycles. The first kappa shape index (κ1) is 16.2. The Morgan fingerprint density at radius 3 is 2.70 bits per heavy atom. The minimum atomic E-state index is -0.243. The number of carbonyl (C=O) groups excluding carboxylic acids is 1. The van der Waals surface area contributed by atoms with Crippen LogP contribution in [-0.4, -0.2) is 48.5 Å². The maximum Gasteiger partial charge on any atom is 0.237 e. The molecule has 2 fully saturated rings. The number of carbonyl (C=O) groups is 1. The third-order valence-electron chi connectivity index (χ3n) is 5.00. The van der Waals surface area contributed by atoms with Crippen molar-refractivity contribution in [3.8, 4) is 5.75 Å². The summed E-state index contributed by atoms with van der Waals surface area (Å²) < 4.78 is 19.1. The van der Waals surface area contributed by atoms with E-state index in [-0.39, 0.29) is 11.7 Å². The Morgan fingerprint density at radius 2 is 2.00 bits per heavy atom. The first-order valence-electron chi connectivity index (χ1n) is 8.51. The van der Waals surface area contributed by atoms with Gasteiger partial charge in [0.2, 0.25) is 5.91 Å². The molecule has 0 radical (unpaired) electrons. The molecule has 0 N–H and O–H groups in total. The third-order valence-corrected chi connectivity index (χ3v) is 5.00. The molecule has 1 heterocycles. The van der Waals surface area contributed by atoms with Crippen LogP contribution in [-0.2, 0) is 11.3 Å². The molecular formula is C18H25FN2O2. The molecule has 2 aliphatic rings. The van der Waals surface area contributed by atoms with Crippen LogP contribution in [0.5, 0.6) is 5.75 Å². The van der Waals surface area contributed by atoms with Crippen LogP contribution in [0, 0.1) is 5.82 Å². The Labute approximate surface area is 137 Å². The molecule has 0 bridgehead atoms. The van der Waals surface area contributed by atoms with Gasteiger partial charge in [0.1, 0.15) is 11.6 Å². The maximum absolute atomic E-state index is 13.9. The number of hydrogen-bond acceptors (Lipinski definition) is 3. The highest BCUT2D eigenvalue weighted by Crippen LogP contribution is 2.25. The molecule has 3 rings (SSSR count). The van der Waals surface area contributed by atoms with Gasteiger partial charge in [0.15, 0.2) is 0 Å². The van der Waals surface area contributed by atoms with Crippen LogP contribution in [0.25, 0.3) is 0 Å². The first-order chi connectivity index (χ1) is 11.2. The maximum atomic E-state index is 13.9. The Bertz CT molecular complexity index is 558. The Morgan fingerprint density at radius 1 is 1.22 bits per heavy atom. The van der Waals surface area contributed by atoms with Gasteiger partial charge in [0, 0.05) is 31.2 Å². The number of benzene rings is 1. The summed E-state index contributed by atoms with van der Waals surface area (Å²) in [5.74, 6) is 0.591. The highest BCUT2D eigenvalue weighted by Gasteiger charge is 2.30. The van der Waals surface area contributed by atoms with E-state index in [2.05, 4.69) is 4.90 Å². The number of halogens is 1. The topological polar surface area (TPSA) is 32.8 Å². The standard InChI is InChI=1S/C18H25FN2O2/c1-23-16-7-8-17(19)14(11-16)12-20-9-10-21(18(22)13-20)15-5-3-2-4-6-15/h7-8,11,15H,2-6,9-10,12-13H2,1H3. The van der Waals surface area contributed by atoms with Crippen molar-refractivity contribution >= 4 is 5.91 Å². The van der Waals surface area contributed by atoms with E-state index in [4.69, 9.17) is 4.74 Å². The van der Waals surface area contributed by atoms with E-state index >= 15 is 0 Å². The predicted molar refractivity (Wildman–Crippen MR) is 86.8 cm³/mol. The predicted octanol–water partition coefficient (Wildman–Crippen LogP) is 2.81. The first-order valence-corrected chi connectivity index (χ1v) is 8.51. The summed E-state index contributed by atoms with van der Waals surface area (Å²) in [5.41, 5.74) is 0.586. The van der Waals surface area contributed by atoms with Crippen LogP contribution in [0.1, 0.15) is 37.7 Å². The molecule has 1 aromatic rings. The van der Waals surface area contributed by atoms with Gasteiger partial charge in [0.25, 0.3) is 0 Å². The normalized spacial score (nSPS) is 20.8. The molecular weight excluding hydrogens is 295 g/mol. The van der Waals surface area contributed by atoms with E-state index in [0.29, 0.717) is 30.4 Å². The quantitative estimate of drug-likeness (QED) is 0.855. The van der Waals surface area contributed by atoms with Crippen LogP contribution in [0.4, 0.5) is 4.39 Å². The van der Waals surface area contributed by atoms with Gasteiger partial charge in [-0.15, -0.1) is 0 Å². The van der Waals surface area contributed by atoms with Crippen LogP contribution in [0.2, 0.25) is 0 Å². The van der Waals surface area contributed by atoms with Crippen molar-refractivity contribution in [1.82, 2.24) is 9.80 Å². The van der Waals surface area contributed by atoms with Gasteiger partial charge in [-0.25, -0.2) is 4.39 Å². The van der Waals surface area contributed by atoms with E-state index in [1.165, 1.54) is 25.3 Å². The van der Waals surface area contributed by atoms with Gasteiger partial charge in [-0.3, -0.25) is 9.69 Å². The van der Waals surface area contributed by atoms with Gasteiger partial charge in [-0.05, 0) is 31.0 Å². The lowest BCUT2D eigenvalue weighted by Crippen LogP contribution is -2.54. The fourth-order valence-electron chi connectivity index (χ4n) is 3.69. The summed E-state index contributed by atoms with van der Waals surface area (Å²) in [6, 6.07) is 5.18. The lowest BCUT2D eigenvalue weighted by atomic mass is 9.93. The van der Waals surface area contributed by atoms with Gasteiger partial charge in [-0.2, -0.15) is 0 Å². The van der Waals surface area contributed by atoms with Gasteiger partial charge < -0.3 is 9.64 Å². The van der Waals surface area contributed by atoms with E-state index in [1.54, 1.807) is 19.2 Å². The van der Waals surface area contributed by atoms with E-state index in [0.717, 1.165) is 25.9 Å². The fourth-order valence-corrected chi connectivity index (χ4v) is 3.69. The molecule has 5 heteroatoms. The monoisotopic (exact) mass is 320 g/mol. The number of rotatable bonds is 4. The van der Waals surface area contributed by atoms with Crippen molar-refractivity contribution in [2.24, 2.45) is 0 Å². The number of ether oxygens (including phenoxy) is 1. The number of hydrogen-bond donors (Lipinski definition) is 0. The van der Waals surface area contributed by atoms with Crippen LogP contribution >= 0.6 is 0 Å². The number of amides is 1. The van der Waals surface area contributed by atoms with Crippen molar-refractivity contribution in [2.75, 3.05) is 26.7 Å². The molecule has 1 amide bonds. The van der Waals surface area contributed by atoms with Gasteiger partial charge >= 0.3 is 0 Å². The second kappa shape index (κ2) is 7.30. The molecule has 1 saturated heterocycles. The molecule has 1 aromatic carbocycles. The zero-order valence-corrected chi connectivity index (χ0v) is 13.8. The van der Waals surface area contributed by atoms with E-state index in [1.807, 2.05) is 4.90 Å². The van der Waals surface area contributed by atoms with E-state index < -0.39 is 0 Å². The van der Waals surface area contributed by atoms with E-state index in [9.17, 15) is 9.18 Å². The average Bonchev–Trinajstić information content (AvgIpc) is 2.58. The third kappa shape index (κ3) is 3.83. The number of piperazine rings is 1. The minimum absolute atomic E-state index is 0.187. The van der Waals surface area contributed by atoms with Crippen molar-refractivity contribution < 1.29 is 13.9 Å².